The number of hydrogen-bond acceptors (Lipinski definition) is 6. The first-order chi connectivity index (χ1) is 13.9. The zero-order valence-electron chi connectivity index (χ0n) is 18.6. The number of carbonyl (C=O) groups is 2. The summed E-state index contributed by atoms with van der Waals surface area (Å²) in [7, 11) is -1.45. The van der Waals surface area contributed by atoms with Crippen LogP contribution in [0.2, 0.25) is 0 Å². The molecular weight excluding hydrogens is 406 g/mol. The van der Waals surface area contributed by atoms with Gasteiger partial charge in [0.1, 0.15) is 12.2 Å². The van der Waals surface area contributed by atoms with Gasteiger partial charge < -0.3 is 14.2 Å². The molecule has 1 aliphatic rings. The fourth-order valence-corrected chi connectivity index (χ4v) is 3.53. The number of ether oxygens (including phenoxy) is 3. The number of rotatable bonds is 8. The molecule has 1 saturated carbocycles. The lowest BCUT2D eigenvalue weighted by Gasteiger charge is -2.29. The van der Waals surface area contributed by atoms with E-state index in [2.05, 4.69) is 4.72 Å². The number of esters is 1. The second kappa shape index (κ2) is 9.92. The molecular formula is C22H33NO6S. The zero-order chi connectivity index (χ0) is 22.5. The van der Waals surface area contributed by atoms with Crippen LogP contribution in [0.15, 0.2) is 30.3 Å². The van der Waals surface area contributed by atoms with Crippen molar-refractivity contribution < 1.29 is 28.0 Å². The quantitative estimate of drug-likeness (QED) is 0.618. The van der Waals surface area contributed by atoms with Crippen LogP contribution in [0.5, 0.6) is 0 Å². The molecule has 7 nitrogen and oxygen atoms in total. The molecule has 2 rings (SSSR count). The summed E-state index contributed by atoms with van der Waals surface area (Å²) in [5.74, 6) is -0.631. The Bertz CT molecular complexity index is 749. The first-order valence-electron chi connectivity index (χ1n) is 10.1. The van der Waals surface area contributed by atoms with Gasteiger partial charge in [-0.2, -0.15) is 0 Å². The third-order valence-corrected chi connectivity index (χ3v) is 5.92. The predicted octanol–water partition coefficient (Wildman–Crippen LogP) is 3.88. The molecule has 8 heteroatoms. The van der Waals surface area contributed by atoms with Crippen LogP contribution in [0.3, 0.4) is 0 Å². The van der Waals surface area contributed by atoms with Crippen LogP contribution in [0, 0.1) is 5.92 Å². The van der Waals surface area contributed by atoms with Crippen molar-refractivity contribution in [3.8, 4) is 0 Å². The van der Waals surface area contributed by atoms with Crippen LogP contribution in [-0.4, -0.2) is 38.8 Å². The number of nitrogens with one attached hydrogen (secondary N) is 1. The Morgan fingerprint density at radius 1 is 1.10 bits per heavy atom. The van der Waals surface area contributed by atoms with E-state index in [0.717, 1.165) is 18.4 Å². The number of benzene rings is 1. The van der Waals surface area contributed by atoms with Gasteiger partial charge >= 0.3 is 12.1 Å². The van der Waals surface area contributed by atoms with Gasteiger partial charge in [-0.25, -0.2) is 18.5 Å². The van der Waals surface area contributed by atoms with Crippen LogP contribution >= 0.6 is 0 Å². The minimum atomic E-state index is -1.45. The molecule has 0 bridgehead atoms. The molecule has 0 heterocycles. The normalized spacial score (nSPS) is 17.5. The van der Waals surface area contributed by atoms with Crippen LogP contribution in [0.25, 0.3) is 0 Å². The van der Waals surface area contributed by atoms with Crippen LogP contribution in [-0.2, 0) is 36.6 Å². The molecule has 1 aromatic carbocycles. The maximum Gasteiger partial charge on any atom is 0.509 e. The second-order valence-electron chi connectivity index (χ2n) is 9.46. The van der Waals surface area contributed by atoms with Gasteiger partial charge in [-0.15, -0.1) is 0 Å². The summed E-state index contributed by atoms with van der Waals surface area (Å²) in [6, 6.07) is 8.61. The van der Waals surface area contributed by atoms with Crippen molar-refractivity contribution in [3.05, 3.63) is 35.9 Å². The highest BCUT2D eigenvalue weighted by Crippen LogP contribution is 2.36. The molecule has 0 spiro atoms. The van der Waals surface area contributed by atoms with Crippen molar-refractivity contribution in [1.82, 2.24) is 4.72 Å². The zero-order valence-corrected chi connectivity index (χ0v) is 19.4. The molecule has 1 aliphatic carbocycles. The van der Waals surface area contributed by atoms with Crippen molar-refractivity contribution in [2.45, 2.75) is 83.5 Å². The van der Waals surface area contributed by atoms with E-state index in [1.165, 1.54) is 0 Å². The van der Waals surface area contributed by atoms with Crippen molar-refractivity contribution in [2.75, 3.05) is 0 Å². The molecule has 0 aliphatic heterocycles. The van der Waals surface area contributed by atoms with Crippen LogP contribution in [0.4, 0.5) is 4.79 Å². The van der Waals surface area contributed by atoms with E-state index < -0.39 is 45.6 Å². The van der Waals surface area contributed by atoms with Gasteiger partial charge in [0.05, 0.1) is 21.8 Å². The topological polar surface area (TPSA) is 90.9 Å². The van der Waals surface area contributed by atoms with E-state index in [-0.39, 0.29) is 12.5 Å². The second-order valence-corrected chi connectivity index (χ2v) is 11.5. The van der Waals surface area contributed by atoms with Gasteiger partial charge in [0.25, 0.3) is 0 Å². The molecule has 3 atom stereocenters. The molecule has 1 fully saturated rings. The average Bonchev–Trinajstić information content (AvgIpc) is 3.46. The predicted molar refractivity (Wildman–Crippen MR) is 115 cm³/mol. The van der Waals surface area contributed by atoms with Gasteiger partial charge in [0.15, 0.2) is 0 Å². The standard InChI is InChI=1S/C22H33NO6S/c1-21(2,3)29-20(25)28-18(19(24)27-14-15-10-8-7-9-11-15)17(16-12-13-16)23-30(26)22(4,5)6/h7-11,16-18,23H,12-14H2,1-6H3/t17-,18+,30+/m0/s1. The van der Waals surface area contributed by atoms with Crippen molar-refractivity contribution in [2.24, 2.45) is 5.92 Å². The van der Waals surface area contributed by atoms with Crippen molar-refractivity contribution in [1.29, 1.82) is 0 Å². The fourth-order valence-electron chi connectivity index (χ4n) is 2.62. The largest absolute Gasteiger partial charge is 0.509 e. The van der Waals surface area contributed by atoms with Crippen molar-refractivity contribution >= 4 is 23.1 Å². The van der Waals surface area contributed by atoms with Gasteiger partial charge in [-0.1, -0.05) is 30.3 Å². The first kappa shape index (κ1) is 24.3. The molecule has 30 heavy (non-hydrogen) atoms. The summed E-state index contributed by atoms with van der Waals surface area (Å²) >= 11 is 0. The van der Waals surface area contributed by atoms with Gasteiger partial charge in [0.2, 0.25) is 6.10 Å². The minimum Gasteiger partial charge on any atom is -0.458 e. The summed E-state index contributed by atoms with van der Waals surface area (Å²) in [6.07, 6.45) is -0.529. The Kier molecular flexibility index (Phi) is 8.05. The molecule has 0 aromatic heterocycles. The lowest BCUT2D eigenvalue weighted by atomic mass is 10.1. The van der Waals surface area contributed by atoms with Crippen molar-refractivity contribution in [3.63, 3.8) is 0 Å². The molecule has 1 aromatic rings. The smallest absolute Gasteiger partial charge is 0.458 e. The fraction of sp³-hybridized carbons (Fsp3) is 0.636. The SMILES string of the molecule is CC(C)(C)OC(=O)O[C@@H](C(=O)OCc1ccccc1)[C@@H](N[S@](=O)C(C)(C)C)C1CC1. The van der Waals surface area contributed by atoms with E-state index in [4.69, 9.17) is 14.2 Å². The molecule has 0 saturated heterocycles. The Morgan fingerprint density at radius 2 is 1.70 bits per heavy atom. The highest BCUT2D eigenvalue weighted by Gasteiger charge is 2.45. The van der Waals surface area contributed by atoms with E-state index >= 15 is 0 Å². The summed E-state index contributed by atoms with van der Waals surface area (Å²) in [5, 5.41) is 0. The lowest BCUT2D eigenvalue weighted by Crippen LogP contribution is -2.52. The summed E-state index contributed by atoms with van der Waals surface area (Å²) in [5.41, 5.74) is 0.0443. The summed E-state index contributed by atoms with van der Waals surface area (Å²) in [4.78, 5) is 25.3. The molecule has 168 valence electrons. The van der Waals surface area contributed by atoms with E-state index in [1.54, 1.807) is 20.8 Å². The molecule has 0 radical (unpaired) electrons. The monoisotopic (exact) mass is 439 g/mol. The molecule has 1 N–H and O–H groups in total. The Hall–Kier alpha value is -1.93. The third kappa shape index (κ3) is 8.07. The van der Waals surface area contributed by atoms with Gasteiger partial charge in [-0.3, -0.25) is 0 Å². The van der Waals surface area contributed by atoms with E-state index in [9.17, 15) is 13.8 Å². The van der Waals surface area contributed by atoms with E-state index in [1.807, 2.05) is 51.1 Å². The number of hydrogen-bond donors (Lipinski definition) is 1. The number of carbonyl (C=O) groups excluding carboxylic acids is 2. The van der Waals surface area contributed by atoms with Gasteiger partial charge in [-0.05, 0) is 65.9 Å². The first-order valence-corrected chi connectivity index (χ1v) is 11.3. The minimum absolute atomic E-state index is 0.0492. The summed E-state index contributed by atoms with van der Waals surface area (Å²) < 4.78 is 31.3. The Labute approximate surface area is 181 Å². The molecule has 0 unspecified atom stereocenters. The third-order valence-electron chi connectivity index (χ3n) is 4.32. The maximum atomic E-state index is 12.9. The Morgan fingerprint density at radius 3 is 2.20 bits per heavy atom. The summed E-state index contributed by atoms with van der Waals surface area (Å²) in [6.45, 7) is 10.7. The lowest BCUT2D eigenvalue weighted by molar-refractivity contribution is -0.159. The average molecular weight is 440 g/mol. The molecule has 0 amide bonds. The van der Waals surface area contributed by atoms with E-state index in [0.29, 0.717) is 0 Å². The van der Waals surface area contributed by atoms with Gasteiger partial charge in [0, 0.05) is 0 Å². The van der Waals surface area contributed by atoms with Crippen LogP contribution in [0.1, 0.15) is 59.9 Å². The Balaban J connectivity index is 2.18. The highest BCUT2D eigenvalue weighted by atomic mass is 32.2. The highest BCUT2D eigenvalue weighted by molar-refractivity contribution is 7.84. The van der Waals surface area contributed by atoms with Crippen LogP contribution < -0.4 is 4.72 Å². The maximum absolute atomic E-state index is 12.9.